The van der Waals surface area contributed by atoms with Gasteiger partial charge in [0, 0.05) is 10.0 Å². The number of carbonyl (C=O) groups is 1. The molecule has 1 nitrogen and oxygen atoms in total. The normalized spacial score (nSPS) is 10.8. The standard InChI is InChI=1S/C21H15BrO/c22-20-8-4-5-16(15-20)9-14-21(23)19-12-10-18(11-13-19)17-6-2-1-3-7-17/h1-15H/b14-9+. The summed E-state index contributed by atoms with van der Waals surface area (Å²) in [5.41, 5.74) is 3.94. The minimum absolute atomic E-state index is 0.00425. The van der Waals surface area contributed by atoms with Crippen molar-refractivity contribution in [1.29, 1.82) is 0 Å². The molecule has 0 radical (unpaired) electrons. The van der Waals surface area contributed by atoms with Crippen LogP contribution < -0.4 is 0 Å². The number of carbonyl (C=O) groups excluding carboxylic acids is 1. The molecule has 0 N–H and O–H groups in total. The largest absolute Gasteiger partial charge is 0.289 e. The van der Waals surface area contributed by atoms with Crippen molar-refractivity contribution in [3.63, 3.8) is 0 Å². The zero-order valence-corrected chi connectivity index (χ0v) is 14.0. The van der Waals surface area contributed by atoms with Gasteiger partial charge in [0.1, 0.15) is 0 Å². The molecule has 112 valence electrons. The van der Waals surface area contributed by atoms with Gasteiger partial charge in [0.15, 0.2) is 5.78 Å². The summed E-state index contributed by atoms with van der Waals surface area (Å²) in [5, 5.41) is 0. The van der Waals surface area contributed by atoms with Gasteiger partial charge in [0.2, 0.25) is 0 Å². The predicted octanol–water partition coefficient (Wildman–Crippen LogP) is 6.01. The van der Waals surface area contributed by atoms with E-state index in [4.69, 9.17) is 0 Å². The average molecular weight is 363 g/mol. The van der Waals surface area contributed by atoms with Gasteiger partial charge in [-0.15, -0.1) is 0 Å². The van der Waals surface area contributed by atoms with Gasteiger partial charge >= 0.3 is 0 Å². The molecular weight excluding hydrogens is 348 g/mol. The summed E-state index contributed by atoms with van der Waals surface area (Å²) in [7, 11) is 0. The van der Waals surface area contributed by atoms with Crippen LogP contribution in [0.25, 0.3) is 17.2 Å². The zero-order chi connectivity index (χ0) is 16.1. The summed E-state index contributed by atoms with van der Waals surface area (Å²) in [4.78, 5) is 12.3. The first-order valence-corrected chi connectivity index (χ1v) is 8.15. The molecule has 2 heteroatoms. The maximum atomic E-state index is 12.3. The Hall–Kier alpha value is -2.45. The van der Waals surface area contributed by atoms with E-state index in [0.29, 0.717) is 5.56 Å². The van der Waals surface area contributed by atoms with Crippen LogP contribution in [0.3, 0.4) is 0 Å². The Morgan fingerprint density at radius 3 is 2.17 bits per heavy atom. The average Bonchev–Trinajstić information content (AvgIpc) is 2.61. The van der Waals surface area contributed by atoms with Crippen molar-refractivity contribution < 1.29 is 4.79 Å². The Kier molecular flexibility index (Phi) is 4.84. The van der Waals surface area contributed by atoms with E-state index in [9.17, 15) is 4.79 Å². The lowest BCUT2D eigenvalue weighted by Crippen LogP contribution is -1.93. The van der Waals surface area contributed by atoms with E-state index in [-0.39, 0.29) is 5.78 Å². The maximum Gasteiger partial charge on any atom is 0.185 e. The fourth-order valence-electron chi connectivity index (χ4n) is 2.34. The van der Waals surface area contributed by atoms with Crippen molar-refractivity contribution in [2.75, 3.05) is 0 Å². The molecule has 0 atom stereocenters. The first-order valence-electron chi connectivity index (χ1n) is 7.36. The van der Waals surface area contributed by atoms with Crippen molar-refractivity contribution in [1.82, 2.24) is 0 Å². The van der Waals surface area contributed by atoms with Gasteiger partial charge in [-0.2, -0.15) is 0 Å². The predicted molar refractivity (Wildman–Crippen MR) is 99.4 cm³/mol. The first kappa shape index (κ1) is 15.4. The van der Waals surface area contributed by atoms with Crippen molar-refractivity contribution >= 4 is 27.8 Å². The highest BCUT2D eigenvalue weighted by atomic mass is 79.9. The van der Waals surface area contributed by atoms with Crippen molar-refractivity contribution in [3.8, 4) is 11.1 Å². The Morgan fingerprint density at radius 2 is 1.48 bits per heavy atom. The molecule has 0 aromatic heterocycles. The summed E-state index contributed by atoms with van der Waals surface area (Å²) in [6.45, 7) is 0. The quantitative estimate of drug-likeness (QED) is 0.410. The fraction of sp³-hybridized carbons (Fsp3) is 0. The highest BCUT2D eigenvalue weighted by Gasteiger charge is 2.03. The molecular formula is C21H15BrO. The Balaban J connectivity index is 1.75. The van der Waals surface area contributed by atoms with Crippen LogP contribution in [0.15, 0.2) is 89.4 Å². The summed E-state index contributed by atoms with van der Waals surface area (Å²) < 4.78 is 0.999. The molecule has 0 aliphatic heterocycles. The number of halogens is 1. The molecule has 0 aliphatic carbocycles. The molecule has 3 aromatic rings. The van der Waals surface area contributed by atoms with E-state index in [0.717, 1.165) is 21.2 Å². The van der Waals surface area contributed by atoms with Crippen LogP contribution in [0.1, 0.15) is 15.9 Å². The first-order chi connectivity index (χ1) is 11.2. The molecule has 0 bridgehead atoms. The van der Waals surface area contributed by atoms with Gasteiger partial charge in [-0.3, -0.25) is 4.79 Å². The van der Waals surface area contributed by atoms with Crippen molar-refractivity contribution in [2.45, 2.75) is 0 Å². The van der Waals surface area contributed by atoms with E-state index < -0.39 is 0 Å². The molecule has 0 aliphatic rings. The van der Waals surface area contributed by atoms with Crippen LogP contribution in [0.4, 0.5) is 0 Å². The smallest absolute Gasteiger partial charge is 0.185 e. The second-order valence-corrected chi connectivity index (χ2v) is 6.11. The topological polar surface area (TPSA) is 17.1 Å². The Labute approximate surface area is 144 Å². The zero-order valence-electron chi connectivity index (χ0n) is 12.4. The van der Waals surface area contributed by atoms with Crippen LogP contribution in [-0.4, -0.2) is 5.78 Å². The molecule has 0 unspecified atom stereocenters. The Morgan fingerprint density at radius 1 is 0.783 bits per heavy atom. The number of allylic oxidation sites excluding steroid dienone is 1. The third kappa shape index (κ3) is 4.05. The summed E-state index contributed by atoms with van der Waals surface area (Å²) in [6.07, 6.45) is 3.44. The van der Waals surface area contributed by atoms with Crippen LogP contribution in [0.2, 0.25) is 0 Å². The highest BCUT2D eigenvalue weighted by Crippen LogP contribution is 2.20. The van der Waals surface area contributed by atoms with E-state index in [1.54, 1.807) is 6.08 Å². The van der Waals surface area contributed by atoms with Crippen LogP contribution in [0, 0.1) is 0 Å². The van der Waals surface area contributed by atoms with Crippen molar-refractivity contribution in [3.05, 3.63) is 101 Å². The number of ketones is 1. The summed E-state index contributed by atoms with van der Waals surface area (Å²) >= 11 is 3.43. The van der Waals surface area contributed by atoms with E-state index in [1.807, 2.05) is 72.8 Å². The summed E-state index contributed by atoms with van der Waals surface area (Å²) in [6, 6.07) is 25.7. The number of rotatable bonds is 4. The molecule has 0 saturated carbocycles. The molecule has 23 heavy (non-hydrogen) atoms. The van der Waals surface area contributed by atoms with Gasteiger partial charge in [-0.25, -0.2) is 0 Å². The molecule has 0 spiro atoms. The third-order valence-corrected chi connectivity index (χ3v) is 4.05. The van der Waals surface area contributed by atoms with Gasteiger partial charge in [0.05, 0.1) is 0 Å². The lowest BCUT2D eigenvalue weighted by molar-refractivity contribution is 0.104. The van der Waals surface area contributed by atoms with Gasteiger partial charge in [0.25, 0.3) is 0 Å². The lowest BCUT2D eigenvalue weighted by Gasteiger charge is -2.02. The van der Waals surface area contributed by atoms with E-state index in [2.05, 4.69) is 28.1 Å². The van der Waals surface area contributed by atoms with Gasteiger partial charge < -0.3 is 0 Å². The Bertz CT molecular complexity index is 833. The highest BCUT2D eigenvalue weighted by molar-refractivity contribution is 9.10. The second-order valence-electron chi connectivity index (χ2n) is 5.20. The fourth-order valence-corrected chi connectivity index (χ4v) is 2.75. The molecule has 0 heterocycles. The molecule has 0 saturated heterocycles. The molecule has 0 fully saturated rings. The van der Waals surface area contributed by atoms with Crippen LogP contribution >= 0.6 is 15.9 Å². The van der Waals surface area contributed by atoms with Gasteiger partial charge in [-0.05, 0) is 34.9 Å². The van der Waals surface area contributed by atoms with Crippen molar-refractivity contribution in [2.24, 2.45) is 0 Å². The third-order valence-electron chi connectivity index (χ3n) is 3.55. The minimum Gasteiger partial charge on any atom is -0.289 e. The number of hydrogen-bond acceptors (Lipinski definition) is 1. The van der Waals surface area contributed by atoms with Crippen LogP contribution in [0.5, 0.6) is 0 Å². The number of hydrogen-bond donors (Lipinski definition) is 0. The number of benzene rings is 3. The maximum absolute atomic E-state index is 12.3. The van der Waals surface area contributed by atoms with E-state index >= 15 is 0 Å². The minimum atomic E-state index is 0.00425. The summed E-state index contributed by atoms with van der Waals surface area (Å²) in [5.74, 6) is 0.00425. The SMILES string of the molecule is O=C(/C=C/c1cccc(Br)c1)c1ccc(-c2ccccc2)cc1. The molecule has 3 aromatic carbocycles. The second kappa shape index (κ2) is 7.21. The van der Waals surface area contributed by atoms with Gasteiger partial charge in [-0.1, -0.05) is 88.7 Å². The van der Waals surface area contributed by atoms with Crippen LogP contribution in [-0.2, 0) is 0 Å². The lowest BCUT2D eigenvalue weighted by atomic mass is 10.0. The molecule has 3 rings (SSSR count). The van der Waals surface area contributed by atoms with E-state index in [1.165, 1.54) is 0 Å². The molecule has 0 amide bonds. The monoisotopic (exact) mass is 362 g/mol.